The second kappa shape index (κ2) is 5.62. The molecule has 1 saturated heterocycles. The summed E-state index contributed by atoms with van der Waals surface area (Å²) in [6, 6.07) is 0. The maximum absolute atomic E-state index is 12.6. The van der Waals surface area contributed by atoms with E-state index in [2.05, 4.69) is 38.1 Å². The molecule has 1 atom stereocenters. The van der Waals surface area contributed by atoms with Crippen LogP contribution in [-0.4, -0.2) is 33.4 Å². The Bertz CT molecular complexity index is 616. The van der Waals surface area contributed by atoms with E-state index in [4.69, 9.17) is 4.74 Å². The van der Waals surface area contributed by atoms with Gasteiger partial charge in [0, 0.05) is 30.8 Å². The van der Waals surface area contributed by atoms with E-state index in [1.165, 1.54) is 12.1 Å². The number of amides is 1. The summed E-state index contributed by atoms with van der Waals surface area (Å²) in [6.45, 7) is 9.10. The third kappa shape index (κ3) is 3.16. The zero-order valence-corrected chi connectivity index (χ0v) is 15.0. The highest BCUT2D eigenvalue weighted by atomic mass is 16.5. The number of hydrogen-bond acceptors (Lipinski definition) is 3. The zero-order chi connectivity index (χ0) is 16.8. The molecule has 1 amide bonds. The number of nitrogens with zero attached hydrogens (tertiary/aromatic N) is 2. The average Bonchev–Trinajstić information content (AvgIpc) is 2.90. The van der Waals surface area contributed by atoms with Gasteiger partial charge in [0.15, 0.2) is 5.69 Å². The smallest absolute Gasteiger partial charge is 0.272 e. The van der Waals surface area contributed by atoms with Gasteiger partial charge in [0.25, 0.3) is 5.91 Å². The van der Waals surface area contributed by atoms with Crippen LogP contribution >= 0.6 is 0 Å². The molecule has 0 spiro atoms. The maximum Gasteiger partial charge on any atom is 0.272 e. The van der Waals surface area contributed by atoms with E-state index in [1.807, 2.05) is 11.7 Å². The molecular formula is C18H29N3O2. The van der Waals surface area contributed by atoms with Crippen molar-refractivity contribution in [3.05, 3.63) is 17.0 Å². The molecule has 5 heteroatoms. The first-order chi connectivity index (χ1) is 10.7. The number of aryl methyl sites for hydroxylation is 1. The lowest BCUT2D eigenvalue weighted by molar-refractivity contribution is -0.0740. The number of carbonyl (C=O) groups excluding carboxylic acids is 1. The summed E-state index contributed by atoms with van der Waals surface area (Å²) in [7, 11) is 1.94. The molecule has 23 heavy (non-hydrogen) atoms. The predicted molar refractivity (Wildman–Crippen MR) is 89.5 cm³/mol. The van der Waals surface area contributed by atoms with Gasteiger partial charge in [0.2, 0.25) is 0 Å². The normalized spacial score (nSPS) is 25.2. The molecule has 0 saturated carbocycles. The van der Waals surface area contributed by atoms with Crippen molar-refractivity contribution in [2.75, 3.05) is 6.54 Å². The van der Waals surface area contributed by atoms with Crippen LogP contribution in [-0.2, 0) is 24.6 Å². The van der Waals surface area contributed by atoms with Crippen molar-refractivity contribution in [1.82, 2.24) is 15.1 Å². The van der Waals surface area contributed by atoms with Crippen LogP contribution in [0.2, 0.25) is 0 Å². The van der Waals surface area contributed by atoms with Crippen LogP contribution in [0.5, 0.6) is 0 Å². The first-order valence-electron chi connectivity index (χ1n) is 8.73. The van der Waals surface area contributed by atoms with Crippen LogP contribution in [0.25, 0.3) is 0 Å². The lowest BCUT2D eigenvalue weighted by Gasteiger charge is -2.27. The van der Waals surface area contributed by atoms with Gasteiger partial charge in [-0.3, -0.25) is 9.48 Å². The fraction of sp³-hybridized carbons (Fsp3) is 0.778. The Labute approximate surface area is 138 Å². The van der Waals surface area contributed by atoms with E-state index < -0.39 is 0 Å². The Hall–Kier alpha value is -1.36. The van der Waals surface area contributed by atoms with Crippen LogP contribution in [0.1, 0.15) is 68.7 Å². The number of fused-ring (bicyclic) bond motifs is 1. The van der Waals surface area contributed by atoms with Crippen molar-refractivity contribution in [1.29, 1.82) is 0 Å². The Morgan fingerprint density at radius 3 is 2.65 bits per heavy atom. The van der Waals surface area contributed by atoms with Crippen molar-refractivity contribution in [2.45, 2.75) is 71.0 Å². The van der Waals surface area contributed by atoms with Crippen molar-refractivity contribution in [3.63, 3.8) is 0 Å². The van der Waals surface area contributed by atoms with Gasteiger partial charge < -0.3 is 10.1 Å². The quantitative estimate of drug-likeness (QED) is 0.932. The molecule has 1 aromatic rings. The Morgan fingerprint density at radius 2 is 2.00 bits per heavy atom. The highest BCUT2D eigenvalue weighted by Gasteiger charge is 2.45. The fourth-order valence-corrected chi connectivity index (χ4v) is 4.25. The molecule has 3 rings (SSSR count). The molecule has 0 bridgehead atoms. The standard InChI is InChI=1S/C18H29N3O2/c1-17(2)10-12(18(3,4)23-17)11-19-16(22)15-13-8-6-7-9-14(13)21(5)20-15/h12H,6-11H2,1-5H3,(H,19,22). The minimum atomic E-state index is -0.208. The minimum absolute atomic E-state index is 0.0377. The van der Waals surface area contributed by atoms with Crippen molar-refractivity contribution in [3.8, 4) is 0 Å². The lowest BCUT2D eigenvalue weighted by Crippen LogP contribution is -2.38. The molecule has 2 aliphatic rings. The number of carbonyl (C=O) groups is 1. The van der Waals surface area contributed by atoms with Crippen LogP contribution in [0, 0.1) is 5.92 Å². The van der Waals surface area contributed by atoms with Gasteiger partial charge in [-0.2, -0.15) is 5.10 Å². The zero-order valence-electron chi connectivity index (χ0n) is 15.0. The number of nitrogens with one attached hydrogen (secondary N) is 1. The highest BCUT2D eigenvalue weighted by Crippen LogP contribution is 2.41. The first kappa shape index (κ1) is 16.5. The number of aromatic nitrogens is 2. The van der Waals surface area contributed by atoms with Gasteiger partial charge in [-0.1, -0.05) is 0 Å². The number of rotatable bonds is 3. The number of ether oxygens (including phenoxy) is 1. The summed E-state index contributed by atoms with van der Waals surface area (Å²) in [4.78, 5) is 12.6. The summed E-state index contributed by atoms with van der Waals surface area (Å²) in [6.07, 6.45) is 5.30. The van der Waals surface area contributed by atoms with E-state index in [0.717, 1.165) is 31.2 Å². The Kier molecular flexibility index (Phi) is 4.03. The second-order valence-electron chi connectivity index (χ2n) is 8.18. The van der Waals surface area contributed by atoms with Crippen LogP contribution < -0.4 is 5.32 Å². The molecule has 2 heterocycles. The first-order valence-corrected chi connectivity index (χ1v) is 8.73. The van der Waals surface area contributed by atoms with Crippen molar-refractivity contribution < 1.29 is 9.53 Å². The summed E-state index contributed by atoms with van der Waals surface area (Å²) in [5.74, 6) is 0.283. The van der Waals surface area contributed by atoms with Gasteiger partial charge >= 0.3 is 0 Å². The summed E-state index contributed by atoms with van der Waals surface area (Å²) < 4.78 is 7.99. The van der Waals surface area contributed by atoms with Gasteiger partial charge in [0.05, 0.1) is 11.2 Å². The Balaban J connectivity index is 1.69. The third-order valence-electron chi connectivity index (χ3n) is 5.35. The van der Waals surface area contributed by atoms with Crippen molar-refractivity contribution >= 4 is 5.91 Å². The molecule has 128 valence electrons. The second-order valence-corrected chi connectivity index (χ2v) is 8.18. The largest absolute Gasteiger partial charge is 0.369 e. The molecule has 1 aromatic heterocycles. The van der Waals surface area contributed by atoms with Gasteiger partial charge in [-0.15, -0.1) is 0 Å². The molecular weight excluding hydrogens is 290 g/mol. The summed E-state index contributed by atoms with van der Waals surface area (Å²) in [5.41, 5.74) is 2.67. The van der Waals surface area contributed by atoms with E-state index >= 15 is 0 Å². The molecule has 1 unspecified atom stereocenters. The Morgan fingerprint density at radius 1 is 1.30 bits per heavy atom. The van der Waals surface area contributed by atoms with Gasteiger partial charge in [-0.25, -0.2) is 0 Å². The predicted octanol–water partition coefficient (Wildman–Crippen LogP) is 2.62. The molecule has 0 aromatic carbocycles. The van der Waals surface area contributed by atoms with Crippen molar-refractivity contribution in [2.24, 2.45) is 13.0 Å². The minimum Gasteiger partial charge on any atom is -0.369 e. The monoisotopic (exact) mass is 319 g/mol. The lowest BCUT2D eigenvalue weighted by atomic mass is 9.87. The summed E-state index contributed by atoms with van der Waals surface area (Å²) >= 11 is 0. The topological polar surface area (TPSA) is 56.2 Å². The molecule has 5 nitrogen and oxygen atoms in total. The van der Waals surface area contributed by atoms with Crippen LogP contribution in [0.4, 0.5) is 0 Å². The average molecular weight is 319 g/mol. The molecule has 0 radical (unpaired) electrons. The van der Waals surface area contributed by atoms with E-state index in [0.29, 0.717) is 18.2 Å². The summed E-state index contributed by atoms with van der Waals surface area (Å²) in [5, 5.41) is 7.58. The van der Waals surface area contributed by atoms with Gasteiger partial charge in [-0.05, 0) is 59.8 Å². The van der Waals surface area contributed by atoms with E-state index in [1.54, 1.807) is 0 Å². The van der Waals surface area contributed by atoms with Crippen LogP contribution in [0.3, 0.4) is 0 Å². The molecule has 1 aliphatic carbocycles. The van der Waals surface area contributed by atoms with Crippen LogP contribution in [0.15, 0.2) is 0 Å². The SMILES string of the molecule is Cn1nc(C(=O)NCC2CC(C)(C)OC2(C)C)c2c1CCCC2. The van der Waals surface area contributed by atoms with E-state index in [9.17, 15) is 4.79 Å². The molecule has 1 N–H and O–H groups in total. The maximum atomic E-state index is 12.6. The third-order valence-corrected chi connectivity index (χ3v) is 5.35. The number of hydrogen-bond donors (Lipinski definition) is 1. The van der Waals surface area contributed by atoms with Gasteiger partial charge in [0.1, 0.15) is 0 Å². The fourth-order valence-electron chi connectivity index (χ4n) is 4.25. The van der Waals surface area contributed by atoms with E-state index in [-0.39, 0.29) is 17.1 Å². The highest BCUT2D eigenvalue weighted by molar-refractivity contribution is 5.94. The molecule has 1 aliphatic heterocycles. The molecule has 1 fully saturated rings.